The molecule has 0 amide bonds. The van der Waals surface area contributed by atoms with Crippen LogP contribution in [0.5, 0.6) is 0 Å². The van der Waals surface area contributed by atoms with E-state index in [2.05, 4.69) is 0 Å². The van der Waals surface area contributed by atoms with Gasteiger partial charge in [-0.25, -0.2) is 8.42 Å². The molecular formula is C21H27Cl2N2O3S+. The lowest BCUT2D eigenvalue weighted by Gasteiger charge is -2.30. The van der Waals surface area contributed by atoms with Gasteiger partial charge in [-0.1, -0.05) is 40.9 Å². The van der Waals surface area contributed by atoms with Gasteiger partial charge in [-0.3, -0.25) is 4.31 Å². The highest BCUT2D eigenvalue weighted by molar-refractivity contribution is 7.92. The Bertz CT molecular complexity index is 929. The van der Waals surface area contributed by atoms with Crippen molar-refractivity contribution in [3.63, 3.8) is 0 Å². The van der Waals surface area contributed by atoms with E-state index in [4.69, 9.17) is 23.2 Å². The molecule has 0 bridgehead atoms. The quantitative estimate of drug-likeness (QED) is 0.671. The standard InChI is InChI=1S/C21H26Cl2N2O3S/c1-16-5-8-19(9-6-16)29(27,28)25(21-13-17(22)7-10-20(21)23)15-18(26)14-24-11-3-2-4-12-24/h5-10,13,18,26H,2-4,11-12,14-15H2,1H3/p+1/t18-/m0/s1. The van der Waals surface area contributed by atoms with Gasteiger partial charge in [0.1, 0.15) is 12.6 Å². The zero-order valence-corrected chi connectivity index (χ0v) is 18.8. The third-order valence-corrected chi connectivity index (χ3v) is 7.60. The first-order valence-corrected chi connectivity index (χ1v) is 12.0. The molecule has 5 nitrogen and oxygen atoms in total. The fraction of sp³-hybridized carbons (Fsp3) is 0.429. The first-order valence-electron chi connectivity index (χ1n) is 9.83. The number of piperidine rings is 1. The molecule has 0 spiro atoms. The van der Waals surface area contributed by atoms with Crippen LogP contribution >= 0.6 is 23.2 Å². The Morgan fingerprint density at radius 1 is 1.07 bits per heavy atom. The van der Waals surface area contributed by atoms with E-state index in [-0.39, 0.29) is 22.2 Å². The van der Waals surface area contributed by atoms with Crippen molar-refractivity contribution < 1.29 is 18.4 Å². The Labute approximate surface area is 182 Å². The van der Waals surface area contributed by atoms with Crippen molar-refractivity contribution in [2.75, 3.05) is 30.5 Å². The van der Waals surface area contributed by atoms with Gasteiger partial charge in [0.2, 0.25) is 0 Å². The number of likely N-dealkylation sites (tertiary alicyclic amines) is 1. The van der Waals surface area contributed by atoms with Crippen LogP contribution in [0.4, 0.5) is 5.69 Å². The second-order valence-electron chi connectivity index (χ2n) is 7.61. The smallest absolute Gasteiger partial charge is 0.264 e. The molecule has 0 radical (unpaired) electrons. The zero-order chi connectivity index (χ0) is 21.0. The number of nitrogens with zero attached hydrogens (tertiary/aromatic N) is 1. The van der Waals surface area contributed by atoms with E-state index in [9.17, 15) is 13.5 Å². The summed E-state index contributed by atoms with van der Waals surface area (Å²) >= 11 is 12.5. The van der Waals surface area contributed by atoms with Crippen molar-refractivity contribution in [2.24, 2.45) is 0 Å². The van der Waals surface area contributed by atoms with Gasteiger partial charge in [0.15, 0.2) is 0 Å². The summed E-state index contributed by atoms with van der Waals surface area (Å²) in [5, 5.41) is 11.4. The van der Waals surface area contributed by atoms with Crippen LogP contribution < -0.4 is 9.21 Å². The minimum atomic E-state index is -3.93. The number of halogens is 2. The summed E-state index contributed by atoms with van der Waals surface area (Å²) in [6.45, 7) is 4.31. The van der Waals surface area contributed by atoms with Gasteiger partial charge in [-0.15, -0.1) is 0 Å². The third-order valence-electron chi connectivity index (χ3n) is 5.25. The molecule has 1 fully saturated rings. The highest BCUT2D eigenvalue weighted by atomic mass is 35.5. The van der Waals surface area contributed by atoms with Crippen molar-refractivity contribution in [2.45, 2.75) is 37.2 Å². The van der Waals surface area contributed by atoms with Crippen molar-refractivity contribution in [1.82, 2.24) is 0 Å². The molecule has 2 aromatic carbocycles. The number of hydrogen-bond acceptors (Lipinski definition) is 3. The van der Waals surface area contributed by atoms with E-state index in [1.54, 1.807) is 36.4 Å². The van der Waals surface area contributed by atoms with Crippen molar-refractivity contribution in [3.05, 3.63) is 58.1 Å². The number of aliphatic hydroxyl groups is 1. The lowest BCUT2D eigenvalue weighted by molar-refractivity contribution is -0.907. The Kier molecular flexibility index (Phi) is 7.46. The fourth-order valence-corrected chi connectivity index (χ4v) is 5.63. The number of hydrogen-bond donors (Lipinski definition) is 2. The van der Waals surface area contributed by atoms with Crippen molar-refractivity contribution in [3.8, 4) is 0 Å². The molecule has 0 aliphatic carbocycles. The topological polar surface area (TPSA) is 62.0 Å². The summed E-state index contributed by atoms with van der Waals surface area (Å²) in [6.07, 6.45) is 2.66. The number of sulfonamides is 1. The molecule has 2 aromatic rings. The van der Waals surface area contributed by atoms with E-state index < -0.39 is 16.1 Å². The molecule has 29 heavy (non-hydrogen) atoms. The molecule has 0 saturated carbocycles. The number of benzene rings is 2. The summed E-state index contributed by atoms with van der Waals surface area (Å²) in [5.74, 6) is 0. The molecule has 8 heteroatoms. The van der Waals surface area contributed by atoms with E-state index >= 15 is 0 Å². The van der Waals surface area contributed by atoms with Crippen molar-refractivity contribution >= 4 is 38.9 Å². The third kappa shape index (κ3) is 5.64. The first-order chi connectivity index (χ1) is 13.8. The molecular weight excluding hydrogens is 431 g/mol. The molecule has 1 aliphatic heterocycles. The highest BCUT2D eigenvalue weighted by Crippen LogP contribution is 2.33. The lowest BCUT2D eigenvalue weighted by atomic mass is 10.1. The predicted octanol–water partition coefficient (Wildman–Crippen LogP) is 2.93. The average Bonchev–Trinajstić information content (AvgIpc) is 2.69. The minimum Gasteiger partial charge on any atom is -0.385 e. The zero-order valence-electron chi connectivity index (χ0n) is 16.4. The van der Waals surface area contributed by atoms with Crippen LogP contribution in [0.1, 0.15) is 24.8 Å². The van der Waals surface area contributed by atoms with Gasteiger partial charge in [0, 0.05) is 5.02 Å². The van der Waals surface area contributed by atoms with Gasteiger partial charge in [0.25, 0.3) is 10.0 Å². The molecule has 3 rings (SSSR count). The Morgan fingerprint density at radius 2 is 1.72 bits per heavy atom. The van der Waals surface area contributed by atoms with Crippen LogP contribution in [0.2, 0.25) is 10.0 Å². The molecule has 2 N–H and O–H groups in total. The van der Waals surface area contributed by atoms with Gasteiger partial charge < -0.3 is 10.0 Å². The normalized spacial score (nSPS) is 16.6. The summed E-state index contributed by atoms with van der Waals surface area (Å²) in [6, 6.07) is 11.3. The Hall–Kier alpha value is -1.31. The van der Waals surface area contributed by atoms with Gasteiger partial charge >= 0.3 is 0 Å². The number of aliphatic hydroxyl groups excluding tert-OH is 1. The number of quaternary nitrogens is 1. The lowest BCUT2D eigenvalue weighted by Crippen LogP contribution is -3.14. The maximum absolute atomic E-state index is 13.4. The van der Waals surface area contributed by atoms with Crippen LogP contribution in [-0.2, 0) is 10.0 Å². The van der Waals surface area contributed by atoms with Crippen molar-refractivity contribution in [1.29, 1.82) is 0 Å². The minimum absolute atomic E-state index is 0.0836. The first kappa shape index (κ1) is 22.4. The second-order valence-corrected chi connectivity index (χ2v) is 10.3. The van der Waals surface area contributed by atoms with Crippen LogP contribution in [0.25, 0.3) is 0 Å². The highest BCUT2D eigenvalue weighted by Gasteiger charge is 2.30. The van der Waals surface area contributed by atoms with Crippen LogP contribution in [-0.4, -0.2) is 45.8 Å². The maximum atomic E-state index is 13.4. The summed E-state index contributed by atoms with van der Waals surface area (Å²) in [7, 11) is -3.93. The Balaban J connectivity index is 1.93. The van der Waals surface area contributed by atoms with Gasteiger partial charge in [-0.05, 0) is 56.5 Å². The van der Waals surface area contributed by atoms with Gasteiger partial charge in [0.05, 0.1) is 35.2 Å². The predicted molar refractivity (Wildman–Crippen MR) is 118 cm³/mol. The van der Waals surface area contributed by atoms with E-state index in [1.807, 2.05) is 6.92 Å². The summed E-state index contributed by atoms with van der Waals surface area (Å²) in [5.41, 5.74) is 1.23. The summed E-state index contributed by atoms with van der Waals surface area (Å²) < 4.78 is 28.1. The summed E-state index contributed by atoms with van der Waals surface area (Å²) in [4.78, 5) is 1.45. The van der Waals surface area contributed by atoms with Crippen LogP contribution in [0, 0.1) is 6.92 Å². The fourth-order valence-electron chi connectivity index (χ4n) is 3.69. The molecule has 1 atom stereocenters. The van der Waals surface area contributed by atoms with E-state index in [0.29, 0.717) is 11.6 Å². The molecule has 1 saturated heterocycles. The van der Waals surface area contributed by atoms with E-state index in [1.165, 1.54) is 21.7 Å². The number of anilines is 1. The Morgan fingerprint density at radius 3 is 2.38 bits per heavy atom. The second kappa shape index (κ2) is 9.67. The number of rotatable bonds is 7. The monoisotopic (exact) mass is 457 g/mol. The largest absolute Gasteiger partial charge is 0.385 e. The molecule has 0 aromatic heterocycles. The van der Waals surface area contributed by atoms with E-state index in [0.717, 1.165) is 31.5 Å². The SMILES string of the molecule is Cc1ccc(S(=O)(=O)N(C[C@@H](O)C[NH+]2CCCCC2)c2cc(Cl)ccc2Cl)cc1. The number of aryl methyl sites for hydroxylation is 1. The van der Waals surface area contributed by atoms with Gasteiger partial charge in [-0.2, -0.15) is 0 Å². The number of nitrogens with one attached hydrogen (secondary N) is 1. The van der Waals surface area contributed by atoms with Crippen LogP contribution in [0.15, 0.2) is 47.4 Å². The molecule has 158 valence electrons. The molecule has 1 heterocycles. The van der Waals surface area contributed by atoms with Crippen LogP contribution in [0.3, 0.4) is 0 Å². The molecule has 1 aliphatic rings. The average molecular weight is 458 g/mol. The molecule has 0 unspecified atom stereocenters. The maximum Gasteiger partial charge on any atom is 0.264 e.